The fourth-order valence-electron chi connectivity index (χ4n) is 4.07. The van der Waals surface area contributed by atoms with Crippen LogP contribution < -0.4 is 16.0 Å². The molecule has 164 valence electrons. The van der Waals surface area contributed by atoms with Crippen molar-refractivity contribution in [1.29, 1.82) is 0 Å². The van der Waals surface area contributed by atoms with Crippen LogP contribution in [-0.2, 0) is 15.7 Å². The van der Waals surface area contributed by atoms with Crippen LogP contribution >= 0.6 is 0 Å². The number of amides is 2. The Kier molecular flexibility index (Phi) is 5.24. The molecule has 0 atom stereocenters. The Balaban J connectivity index is 1.37. The zero-order valence-corrected chi connectivity index (χ0v) is 16.5. The summed E-state index contributed by atoms with van der Waals surface area (Å²) in [4.78, 5) is 30.6. The maximum absolute atomic E-state index is 12.8. The number of halogens is 3. The van der Waals surface area contributed by atoms with Gasteiger partial charge in [-0.15, -0.1) is 0 Å². The number of hydrogen-bond acceptors (Lipinski definition) is 5. The minimum absolute atomic E-state index is 0.145. The molecule has 2 amide bonds. The highest BCUT2D eigenvalue weighted by Crippen LogP contribution is 2.41. The van der Waals surface area contributed by atoms with Gasteiger partial charge in [0.1, 0.15) is 11.4 Å². The van der Waals surface area contributed by atoms with Gasteiger partial charge in [-0.1, -0.05) is 6.07 Å². The SMILES string of the molecule is Nc1cc(C(F)(F)F)ccc1NC(=O)[C@H]1CC[C@]2(CC1)CN(c1ccccn1)C(=O)O2. The number of alkyl halides is 3. The molecule has 0 unspecified atom stereocenters. The number of carbonyl (C=O) groups is 2. The third-order valence-corrected chi connectivity index (χ3v) is 5.80. The highest BCUT2D eigenvalue weighted by Gasteiger charge is 2.48. The number of pyridine rings is 1. The van der Waals surface area contributed by atoms with Gasteiger partial charge < -0.3 is 15.8 Å². The van der Waals surface area contributed by atoms with Gasteiger partial charge in [0.15, 0.2) is 0 Å². The number of carbonyl (C=O) groups excluding carboxylic acids is 2. The Labute approximate surface area is 176 Å². The average molecular weight is 434 g/mol. The third kappa shape index (κ3) is 4.28. The lowest BCUT2D eigenvalue weighted by Crippen LogP contribution is -2.41. The normalized spacial score (nSPS) is 23.6. The van der Waals surface area contributed by atoms with Crippen molar-refractivity contribution in [1.82, 2.24) is 4.98 Å². The summed E-state index contributed by atoms with van der Waals surface area (Å²) in [6.45, 7) is 0.364. The maximum atomic E-state index is 12.8. The van der Waals surface area contributed by atoms with Gasteiger partial charge in [0.25, 0.3) is 0 Å². The van der Waals surface area contributed by atoms with Crippen LogP contribution in [0.2, 0.25) is 0 Å². The second-order valence-corrected chi connectivity index (χ2v) is 7.89. The number of ether oxygens (including phenoxy) is 1. The van der Waals surface area contributed by atoms with Crippen molar-refractivity contribution in [3.63, 3.8) is 0 Å². The minimum Gasteiger partial charge on any atom is -0.441 e. The van der Waals surface area contributed by atoms with Gasteiger partial charge in [0, 0.05) is 12.1 Å². The van der Waals surface area contributed by atoms with Crippen LogP contribution in [0.5, 0.6) is 0 Å². The molecule has 2 fully saturated rings. The predicted octanol–water partition coefficient (Wildman–Crippen LogP) is 4.21. The second kappa shape index (κ2) is 7.75. The van der Waals surface area contributed by atoms with Gasteiger partial charge in [-0.3, -0.25) is 9.69 Å². The zero-order valence-electron chi connectivity index (χ0n) is 16.5. The molecule has 1 aliphatic heterocycles. The quantitative estimate of drug-likeness (QED) is 0.706. The molecule has 1 aliphatic carbocycles. The van der Waals surface area contributed by atoms with Crippen molar-refractivity contribution in [3.8, 4) is 0 Å². The van der Waals surface area contributed by atoms with Crippen LogP contribution in [0.3, 0.4) is 0 Å². The van der Waals surface area contributed by atoms with Crippen molar-refractivity contribution in [2.45, 2.75) is 37.5 Å². The Bertz CT molecular complexity index is 989. The van der Waals surface area contributed by atoms with E-state index in [0.717, 1.165) is 18.2 Å². The molecule has 0 radical (unpaired) electrons. The van der Waals surface area contributed by atoms with Gasteiger partial charge in [0.05, 0.1) is 23.5 Å². The summed E-state index contributed by atoms with van der Waals surface area (Å²) in [7, 11) is 0. The van der Waals surface area contributed by atoms with E-state index in [1.807, 2.05) is 0 Å². The predicted molar refractivity (Wildman–Crippen MR) is 107 cm³/mol. The Morgan fingerprint density at radius 3 is 2.58 bits per heavy atom. The number of nitrogen functional groups attached to an aromatic ring is 1. The van der Waals surface area contributed by atoms with Crippen molar-refractivity contribution < 1.29 is 27.5 Å². The molecule has 1 aromatic carbocycles. The molecule has 3 N–H and O–H groups in total. The number of nitrogens with one attached hydrogen (secondary N) is 1. The molecule has 0 bridgehead atoms. The van der Waals surface area contributed by atoms with Gasteiger partial charge in [-0.25, -0.2) is 9.78 Å². The number of benzene rings is 1. The molecule has 2 aromatic rings. The summed E-state index contributed by atoms with van der Waals surface area (Å²) >= 11 is 0. The van der Waals surface area contributed by atoms with Gasteiger partial charge in [-0.05, 0) is 56.0 Å². The number of aromatic nitrogens is 1. The lowest BCUT2D eigenvalue weighted by Gasteiger charge is -2.34. The fourth-order valence-corrected chi connectivity index (χ4v) is 4.07. The smallest absolute Gasteiger partial charge is 0.416 e. The molecule has 31 heavy (non-hydrogen) atoms. The van der Waals surface area contributed by atoms with E-state index in [0.29, 0.717) is 38.0 Å². The topological polar surface area (TPSA) is 97.5 Å². The Hall–Kier alpha value is -3.30. The van der Waals surface area contributed by atoms with Crippen molar-refractivity contribution >= 4 is 29.2 Å². The number of rotatable bonds is 3. The minimum atomic E-state index is -4.50. The Morgan fingerprint density at radius 2 is 1.97 bits per heavy atom. The van der Waals surface area contributed by atoms with E-state index < -0.39 is 23.4 Å². The molecule has 2 heterocycles. The van der Waals surface area contributed by atoms with Crippen LogP contribution in [0.15, 0.2) is 42.6 Å². The first kappa shape index (κ1) is 21.0. The molecule has 10 heteroatoms. The molecular formula is C21H21F3N4O3. The van der Waals surface area contributed by atoms with Crippen LogP contribution in [-0.4, -0.2) is 29.1 Å². The molecule has 7 nitrogen and oxygen atoms in total. The summed E-state index contributed by atoms with van der Waals surface area (Å²) in [6, 6.07) is 8.11. The first-order valence-electron chi connectivity index (χ1n) is 9.86. The van der Waals surface area contributed by atoms with Crippen molar-refractivity contribution in [2.24, 2.45) is 5.92 Å². The molecular weight excluding hydrogens is 413 g/mol. The largest absolute Gasteiger partial charge is 0.441 e. The van der Waals surface area contributed by atoms with E-state index in [1.54, 1.807) is 24.4 Å². The highest BCUT2D eigenvalue weighted by molar-refractivity contribution is 5.95. The number of anilines is 3. The van der Waals surface area contributed by atoms with Gasteiger partial charge in [-0.2, -0.15) is 13.2 Å². The molecule has 4 rings (SSSR count). The molecule has 1 spiro atoms. The lowest BCUT2D eigenvalue weighted by atomic mass is 9.78. The monoisotopic (exact) mass is 434 g/mol. The maximum Gasteiger partial charge on any atom is 0.416 e. The zero-order chi connectivity index (χ0) is 22.2. The first-order valence-corrected chi connectivity index (χ1v) is 9.86. The van der Waals surface area contributed by atoms with E-state index >= 15 is 0 Å². The molecule has 1 saturated carbocycles. The highest BCUT2D eigenvalue weighted by atomic mass is 19.4. The van der Waals surface area contributed by atoms with E-state index in [4.69, 9.17) is 10.5 Å². The second-order valence-electron chi connectivity index (χ2n) is 7.89. The molecule has 2 aliphatic rings. The summed E-state index contributed by atoms with van der Waals surface area (Å²) in [5.41, 5.74) is 4.15. The van der Waals surface area contributed by atoms with E-state index in [9.17, 15) is 22.8 Å². The van der Waals surface area contributed by atoms with Crippen LogP contribution in [0, 0.1) is 5.92 Å². The summed E-state index contributed by atoms with van der Waals surface area (Å²) < 4.78 is 44.0. The summed E-state index contributed by atoms with van der Waals surface area (Å²) in [6.07, 6.45) is -1.39. The van der Waals surface area contributed by atoms with E-state index in [2.05, 4.69) is 10.3 Å². The first-order chi connectivity index (χ1) is 14.7. The van der Waals surface area contributed by atoms with Crippen LogP contribution in [0.1, 0.15) is 31.2 Å². The van der Waals surface area contributed by atoms with E-state index in [1.165, 1.54) is 4.90 Å². The Morgan fingerprint density at radius 1 is 1.23 bits per heavy atom. The fraction of sp³-hybridized carbons (Fsp3) is 0.381. The molecule has 1 saturated heterocycles. The number of nitrogens with two attached hydrogens (primary N) is 1. The summed E-state index contributed by atoms with van der Waals surface area (Å²) in [5, 5.41) is 2.62. The molecule has 1 aromatic heterocycles. The average Bonchev–Trinajstić information content (AvgIpc) is 3.05. The number of hydrogen-bond donors (Lipinski definition) is 2. The van der Waals surface area contributed by atoms with Gasteiger partial charge in [0.2, 0.25) is 5.91 Å². The van der Waals surface area contributed by atoms with Crippen molar-refractivity contribution in [2.75, 3.05) is 22.5 Å². The standard InChI is InChI=1S/C21H21F3N4O3/c22-21(23,24)14-4-5-16(15(25)11-14)27-18(29)13-6-8-20(9-7-13)12-28(19(30)31-20)17-3-1-2-10-26-17/h1-5,10-11,13H,6-9,12,25H2,(H,27,29)/t13-,20-. The third-order valence-electron chi connectivity index (χ3n) is 5.80. The van der Waals surface area contributed by atoms with Crippen LogP contribution in [0.25, 0.3) is 0 Å². The lowest BCUT2D eigenvalue weighted by molar-refractivity contribution is -0.137. The van der Waals surface area contributed by atoms with Crippen LogP contribution in [0.4, 0.5) is 35.2 Å². The number of nitrogens with zero attached hydrogens (tertiary/aromatic N) is 2. The van der Waals surface area contributed by atoms with E-state index in [-0.39, 0.29) is 23.2 Å². The van der Waals surface area contributed by atoms with Crippen molar-refractivity contribution in [3.05, 3.63) is 48.2 Å². The van der Waals surface area contributed by atoms with Gasteiger partial charge >= 0.3 is 12.3 Å². The summed E-state index contributed by atoms with van der Waals surface area (Å²) in [5.74, 6) is -0.149.